The van der Waals surface area contributed by atoms with Crippen LogP contribution in [0.3, 0.4) is 0 Å². The first-order valence-corrected chi connectivity index (χ1v) is 6.62. The minimum Gasteiger partial charge on any atom is -0.502 e. The van der Waals surface area contributed by atoms with E-state index >= 15 is 0 Å². The largest absolute Gasteiger partial charge is 0.502 e. The Balaban J connectivity index is 2.32. The van der Waals surface area contributed by atoms with Crippen molar-refractivity contribution in [1.82, 2.24) is 0 Å². The van der Waals surface area contributed by atoms with Crippen molar-refractivity contribution in [3.05, 3.63) is 78.1 Å². The molecular formula is C17H15NO4. The Labute approximate surface area is 127 Å². The maximum Gasteiger partial charge on any atom is 0.371 e. The molecule has 0 atom stereocenters. The molecule has 0 spiro atoms. The van der Waals surface area contributed by atoms with Crippen LogP contribution in [0.1, 0.15) is 5.56 Å². The molecule has 5 nitrogen and oxygen atoms in total. The first-order valence-electron chi connectivity index (χ1n) is 6.62. The van der Waals surface area contributed by atoms with Gasteiger partial charge in [-0.25, -0.2) is 4.79 Å². The standard InChI is InChI=1S/C17H15NO4/c19-15(17(21)22)11-16(20)18(14-9-5-2-6-10-14)12-13-7-3-1-4-8-13/h1-11,19H,12H2,(H,21,22)/b15-11-. The second-order valence-electron chi connectivity index (χ2n) is 4.58. The number of carbonyl (C=O) groups is 2. The lowest BCUT2D eigenvalue weighted by atomic mass is 10.2. The second-order valence-corrected chi connectivity index (χ2v) is 4.58. The third-order valence-electron chi connectivity index (χ3n) is 3.00. The number of carbonyl (C=O) groups excluding carboxylic acids is 1. The molecule has 0 radical (unpaired) electrons. The van der Waals surface area contributed by atoms with Crippen molar-refractivity contribution in [1.29, 1.82) is 0 Å². The topological polar surface area (TPSA) is 77.8 Å². The average molecular weight is 297 g/mol. The van der Waals surface area contributed by atoms with Crippen molar-refractivity contribution in [3.8, 4) is 0 Å². The highest BCUT2D eigenvalue weighted by atomic mass is 16.4. The van der Waals surface area contributed by atoms with Crippen molar-refractivity contribution in [3.63, 3.8) is 0 Å². The molecule has 2 aromatic carbocycles. The van der Waals surface area contributed by atoms with E-state index in [4.69, 9.17) is 5.11 Å². The van der Waals surface area contributed by atoms with Gasteiger partial charge in [0.05, 0.1) is 12.6 Å². The molecule has 112 valence electrons. The first kappa shape index (κ1) is 15.3. The summed E-state index contributed by atoms with van der Waals surface area (Å²) in [7, 11) is 0. The van der Waals surface area contributed by atoms with Gasteiger partial charge in [0.1, 0.15) is 0 Å². The molecule has 0 aromatic heterocycles. The lowest BCUT2D eigenvalue weighted by Crippen LogP contribution is -2.29. The van der Waals surface area contributed by atoms with E-state index in [1.165, 1.54) is 4.90 Å². The third kappa shape index (κ3) is 3.96. The summed E-state index contributed by atoms with van der Waals surface area (Å²) in [6.07, 6.45) is 0.707. The van der Waals surface area contributed by atoms with Gasteiger partial charge in [0, 0.05) is 5.69 Å². The fraction of sp³-hybridized carbons (Fsp3) is 0.0588. The number of rotatable bonds is 5. The number of carboxylic acid groups (broad SMARTS) is 1. The molecule has 2 N–H and O–H groups in total. The van der Waals surface area contributed by atoms with Gasteiger partial charge in [0.2, 0.25) is 5.76 Å². The van der Waals surface area contributed by atoms with Gasteiger partial charge in [-0.3, -0.25) is 4.79 Å². The highest BCUT2D eigenvalue weighted by molar-refractivity contribution is 6.04. The Morgan fingerprint density at radius 3 is 2.00 bits per heavy atom. The van der Waals surface area contributed by atoms with Crippen LogP contribution in [0.15, 0.2) is 72.5 Å². The normalized spacial score (nSPS) is 11.0. The minimum absolute atomic E-state index is 0.271. The maximum absolute atomic E-state index is 12.3. The van der Waals surface area contributed by atoms with E-state index in [1.807, 2.05) is 36.4 Å². The molecule has 0 aliphatic heterocycles. The number of anilines is 1. The summed E-state index contributed by atoms with van der Waals surface area (Å²) in [5, 5.41) is 18.0. The van der Waals surface area contributed by atoms with Crippen LogP contribution in [0.4, 0.5) is 5.69 Å². The predicted molar refractivity (Wildman–Crippen MR) is 82.4 cm³/mol. The summed E-state index contributed by atoms with van der Waals surface area (Å²) < 4.78 is 0. The number of aliphatic carboxylic acids is 1. The van der Waals surface area contributed by atoms with Crippen molar-refractivity contribution >= 4 is 17.6 Å². The van der Waals surface area contributed by atoms with Gasteiger partial charge < -0.3 is 15.1 Å². The number of para-hydroxylation sites is 1. The molecule has 0 bridgehead atoms. The van der Waals surface area contributed by atoms with Crippen molar-refractivity contribution in [2.45, 2.75) is 6.54 Å². The number of aliphatic hydroxyl groups excluding tert-OH is 1. The predicted octanol–water partition coefficient (Wildman–Crippen LogP) is 2.75. The first-order chi connectivity index (χ1) is 10.6. The Bertz CT molecular complexity index is 680. The van der Waals surface area contributed by atoms with Crippen LogP contribution < -0.4 is 4.90 Å². The smallest absolute Gasteiger partial charge is 0.371 e. The van der Waals surface area contributed by atoms with E-state index in [-0.39, 0.29) is 6.54 Å². The molecule has 0 unspecified atom stereocenters. The van der Waals surface area contributed by atoms with Gasteiger partial charge >= 0.3 is 5.97 Å². The highest BCUT2D eigenvalue weighted by Crippen LogP contribution is 2.17. The number of carboxylic acids is 1. The molecule has 0 saturated heterocycles. The quantitative estimate of drug-likeness (QED) is 0.657. The van der Waals surface area contributed by atoms with Crippen LogP contribution in [0.25, 0.3) is 0 Å². The molecule has 22 heavy (non-hydrogen) atoms. The molecule has 2 aromatic rings. The van der Waals surface area contributed by atoms with E-state index in [9.17, 15) is 14.7 Å². The zero-order valence-electron chi connectivity index (χ0n) is 11.7. The third-order valence-corrected chi connectivity index (χ3v) is 3.00. The van der Waals surface area contributed by atoms with Gasteiger partial charge in [0.15, 0.2) is 0 Å². The van der Waals surface area contributed by atoms with E-state index in [0.717, 1.165) is 5.56 Å². The number of hydrogen-bond donors (Lipinski definition) is 2. The maximum atomic E-state index is 12.3. The SMILES string of the molecule is O=C(O)/C(O)=C/C(=O)N(Cc1ccccc1)c1ccccc1. The van der Waals surface area contributed by atoms with Crippen molar-refractivity contribution < 1.29 is 19.8 Å². The molecule has 0 saturated carbocycles. The number of aliphatic hydroxyl groups is 1. The van der Waals surface area contributed by atoms with Gasteiger partial charge in [-0.15, -0.1) is 0 Å². The van der Waals surface area contributed by atoms with Crippen LogP contribution in [0.5, 0.6) is 0 Å². The van der Waals surface area contributed by atoms with E-state index in [1.54, 1.807) is 24.3 Å². The van der Waals surface area contributed by atoms with Gasteiger partial charge in [-0.05, 0) is 17.7 Å². The number of hydrogen-bond acceptors (Lipinski definition) is 3. The molecule has 0 heterocycles. The van der Waals surface area contributed by atoms with E-state index < -0.39 is 17.6 Å². The number of nitrogens with zero attached hydrogens (tertiary/aromatic N) is 1. The van der Waals surface area contributed by atoms with Crippen LogP contribution in [-0.4, -0.2) is 22.1 Å². The fourth-order valence-corrected chi connectivity index (χ4v) is 1.93. The second kappa shape index (κ2) is 7.08. The number of amides is 1. The highest BCUT2D eigenvalue weighted by Gasteiger charge is 2.17. The van der Waals surface area contributed by atoms with E-state index in [2.05, 4.69) is 0 Å². The van der Waals surface area contributed by atoms with E-state index in [0.29, 0.717) is 11.8 Å². The van der Waals surface area contributed by atoms with Gasteiger partial charge in [0.25, 0.3) is 5.91 Å². The van der Waals surface area contributed by atoms with Crippen molar-refractivity contribution in [2.24, 2.45) is 0 Å². The molecule has 2 rings (SSSR count). The van der Waals surface area contributed by atoms with Gasteiger partial charge in [-0.1, -0.05) is 48.5 Å². The average Bonchev–Trinajstić information content (AvgIpc) is 2.54. The Kier molecular flexibility index (Phi) is 4.93. The van der Waals surface area contributed by atoms with Crippen molar-refractivity contribution in [2.75, 3.05) is 4.90 Å². The molecule has 0 fully saturated rings. The fourth-order valence-electron chi connectivity index (χ4n) is 1.93. The monoisotopic (exact) mass is 297 g/mol. The Hall–Kier alpha value is -3.08. The molecule has 5 heteroatoms. The lowest BCUT2D eigenvalue weighted by molar-refractivity contribution is -0.135. The zero-order chi connectivity index (χ0) is 15.9. The summed E-state index contributed by atoms with van der Waals surface area (Å²) in [6.45, 7) is 0.271. The van der Waals surface area contributed by atoms with Crippen LogP contribution in [0, 0.1) is 0 Å². The van der Waals surface area contributed by atoms with Crippen LogP contribution >= 0.6 is 0 Å². The minimum atomic E-state index is -1.54. The van der Waals surface area contributed by atoms with Gasteiger partial charge in [-0.2, -0.15) is 0 Å². The number of benzene rings is 2. The summed E-state index contributed by atoms with van der Waals surface area (Å²) in [5.74, 6) is -3.13. The Morgan fingerprint density at radius 2 is 1.45 bits per heavy atom. The molecule has 0 aliphatic rings. The lowest BCUT2D eigenvalue weighted by Gasteiger charge is -2.21. The van der Waals surface area contributed by atoms with Crippen LogP contribution in [0.2, 0.25) is 0 Å². The molecular weight excluding hydrogens is 282 g/mol. The Morgan fingerprint density at radius 1 is 0.909 bits per heavy atom. The van der Waals surface area contributed by atoms with Crippen LogP contribution in [-0.2, 0) is 16.1 Å². The summed E-state index contributed by atoms with van der Waals surface area (Å²) in [6, 6.07) is 18.2. The summed E-state index contributed by atoms with van der Waals surface area (Å²) in [5.41, 5.74) is 1.51. The summed E-state index contributed by atoms with van der Waals surface area (Å²) in [4.78, 5) is 24.3. The summed E-state index contributed by atoms with van der Waals surface area (Å²) >= 11 is 0. The molecule has 1 amide bonds. The molecule has 0 aliphatic carbocycles. The zero-order valence-corrected chi connectivity index (χ0v) is 11.7.